The third-order valence-corrected chi connectivity index (χ3v) is 6.69. The van der Waals surface area contributed by atoms with E-state index >= 15 is 0 Å². The number of nitrogens with one attached hydrogen (secondary N) is 1. The maximum Gasteiger partial charge on any atom is 0.586 e. The van der Waals surface area contributed by atoms with Gasteiger partial charge in [-0.25, -0.2) is 4.79 Å². The molecule has 5 rings (SSSR count). The van der Waals surface area contributed by atoms with Crippen LogP contribution in [-0.2, 0) is 19.7 Å². The zero-order valence-electron chi connectivity index (χ0n) is 18.8. The van der Waals surface area contributed by atoms with Crippen LogP contribution in [0.1, 0.15) is 60.2 Å². The second kappa shape index (κ2) is 8.23. The SMILES string of the molecule is COC(=O)c1ccc([C@H]2C[C@@H](NC(=O)C3(c4ccc5c(c4)OC(F)(F)O5)CC3)C[C@@H](C)O2)cc1. The lowest BCUT2D eigenvalue weighted by Gasteiger charge is -2.35. The first-order valence-electron chi connectivity index (χ1n) is 11.2. The molecule has 2 aromatic carbocycles. The Hall–Kier alpha value is -3.20. The number of esters is 1. The summed E-state index contributed by atoms with van der Waals surface area (Å²) in [5, 5.41) is 3.16. The van der Waals surface area contributed by atoms with Crippen LogP contribution in [0.2, 0.25) is 0 Å². The Morgan fingerprint density at radius 2 is 1.74 bits per heavy atom. The van der Waals surface area contributed by atoms with Gasteiger partial charge in [0.2, 0.25) is 5.91 Å². The minimum absolute atomic E-state index is 0.0377. The minimum Gasteiger partial charge on any atom is -0.465 e. The molecule has 2 aromatic rings. The van der Waals surface area contributed by atoms with E-state index < -0.39 is 17.7 Å². The molecule has 0 bridgehead atoms. The molecule has 9 heteroatoms. The van der Waals surface area contributed by atoms with Crippen molar-refractivity contribution in [1.29, 1.82) is 0 Å². The molecule has 1 saturated carbocycles. The van der Waals surface area contributed by atoms with Gasteiger partial charge in [-0.3, -0.25) is 4.79 Å². The Kier molecular flexibility index (Phi) is 5.47. The summed E-state index contributed by atoms with van der Waals surface area (Å²) in [6.07, 6.45) is -1.50. The molecule has 2 fully saturated rings. The van der Waals surface area contributed by atoms with Crippen LogP contribution in [0.3, 0.4) is 0 Å². The highest BCUT2D eigenvalue weighted by molar-refractivity contribution is 5.91. The van der Waals surface area contributed by atoms with Crippen molar-refractivity contribution in [1.82, 2.24) is 5.32 Å². The molecule has 0 spiro atoms. The van der Waals surface area contributed by atoms with E-state index in [1.54, 1.807) is 18.2 Å². The van der Waals surface area contributed by atoms with Crippen molar-refractivity contribution >= 4 is 11.9 Å². The highest BCUT2D eigenvalue weighted by Gasteiger charge is 2.53. The van der Waals surface area contributed by atoms with E-state index in [0.717, 1.165) is 5.56 Å². The minimum atomic E-state index is -3.69. The number of hydrogen-bond acceptors (Lipinski definition) is 6. The van der Waals surface area contributed by atoms with Crippen molar-refractivity contribution in [2.45, 2.75) is 62.6 Å². The molecule has 2 aliphatic heterocycles. The number of carbonyl (C=O) groups excluding carboxylic acids is 2. The van der Waals surface area contributed by atoms with Gasteiger partial charge in [0.1, 0.15) is 0 Å². The van der Waals surface area contributed by atoms with E-state index in [0.29, 0.717) is 36.8 Å². The zero-order chi connectivity index (χ0) is 24.1. The van der Waals surface area contributed by atoms with Gasteiger partial charge in [0.05, 0.1) is 30.3 Å². The number of amides is 1. The van der Waals surface area contributed by atoms with Crippen LogP contribution < -0.4 is 14.8 Å². The van der Waals surface area contributed by atoms with Crippen molar-refractivity contribution in [3.05, 3.63) is 59.2 Å². The van der Waals surface area contributed by atoms with Crippen molar-refractivity contribution in [3.63, 3.8) is 0 Å². The van der Waals surface area contributed by atoms with E-state index in [4.69, 9.17) is 9.47 Å². The van der Waals surface area contributed by atoms with E-state index in [1.165, 1.54) is 19.2 Å². The molecule has 3 aliphatic rings. The Labute approximate surface area is 195 Å². The molecular formula is C25H25F2NO6. The average Bonchev–Trinajstić information content (AvgIpc) is 3.55. The first-order valence-corrected chi connectivity index (χ1v) is 11.2. The number of carbonyl (C=O) groups is 2. The summed E-state index contributed by atoms with van der Waals surface area (Å²) in [6, 6.07) is 11.5. The van der Waals surface area contributed by atoms with Crippen LogP contribution in [0.5, 0.6) is 11.5 Å². The molecule has 1 aliphatic carbocycles. The lowest BCUT2D eigenvalue weighted by molar-refractivity contribution is -0.286. The van der Waals surface area contributed by atoms with E-state index in [2.05, 4.69) is 14.8 Å². The first-order chi connectivity index (χ1) is 16.2. The Morgan fingerprint density at radius 1 is 1.03 bits per heavy atom. The first kappa shape index (κ1) is 22.6. The zero-order valence-corrected chi connectivity index (χ0v) is 18.8. The topological polar surface area (TPSA) is 83.1 Å². The number of hydrogen-bond donors (Lipinski definition) is 1. The number of benzene rings is 2. The molecular weight excluding hydrogens is 448 g/mol. The second-order valence-corrected chi connectivity index (χ2v) is 9.10. The molecule has 0 unspecified atom stereocenters. The maximum absolute atomic E-state index is 13.4. The Morgan fingerprint density at radius 3 is 2.41 bits per heavy atom. The smallest absolute Gasteiger partial charge is 0.465 e. The van der Waals surface area contributed by atoms with Crippen LogP contribution in [0.25, 0.3) is 0 Å². The summed E-state index contributed by atoms with van der Waals surface area (Å²) in [7, 11) is 1.33. The van der Waals surface area contributed by atoms with Crippen molar-refractivity contribution < 1.29 is 37.3 Å². The summed E-state index contributed by atoms with van der Waals surface area (Å²) >= 11 is 0. The van der Waals surface area contributed by atoms with Gasteiger partial charge in [-0.15, -0.1) is 8.78 Å². The fourth-order valence-electron chi connectivity index (χ4n) is 4.77. The van der Waals surface area contributed by atoms with Crippen LogP contribution in [0.15, 0.2) is 42.5 Å². The van der Waals surface area contributed by atoms with Gasteiger partial charge in [0, 0.05) is 6.04 Å². The number of alkyl halides is 2. The van der Waals surface area contributed by atoms with Gasteiger partial charge in [0.15, 0.2) is 11.5 Å². The summed E-state index contributed by atoms with van der Waals surface area (Å²) in [4.78, 5) is 25.0. The average molecular weight is 473 g/mol. The highest BCUT2D eigenvalue weighted by atomic mass is 19.3. The van der Waals surface area contributed by atoms with Crippen molar-refractivity contribution in [3.8, 4) is 11.5 Å². The highest BCUT2D eigenvalue weighted by Crippen LogP contribution is 2.52. The van der Waals surface area contributed by atoms with Crippen molar-refractivity contribution in [2.24, 2.45) is 0 Å². The fourth-order valence-corrected chi connectivity index (χ4v) is 4.77. The predicted molar refractivity (Wildman–Crippen MR) is 116 cm³/mol. The van der Waals surface area contributed by atoms with E-state index in [1.807, 2.05) is 19.1 Å². The second-order valence-electron chi connectivity index (χ2n) is 9.10. The maximum atomic E-state index is 13.4. The van der Waals surface area contributed by atoms with Crippen LogP contribution in [0, 0.1) is 0 Å². The molecule has 1 saturated heterocycles. The summed E-state index contributed by atoms with van der Waals surface area (Å²) in [5.74, 6) is -0.630. The Balaban J connectivity index is 1.28. The lowest BCUT2D eigenvalue weighted by Crippen LogP contribution is -2.46. The normalized spacial score (nSPS) is 25.9. The third-order valence-electron chi connectivity index (χ3n) is 6.69. The predicted octanol–water partition coefficient (Wildman–Crippen LogP) is 4.25. The molecule has 1 amide bonds. The van der Waals surface area contributed by atoms with Crippen molar-refractivity contribution in [2.75, 3.05) is 7.11 Å². The fraction of sp³-hybridized carbons (Fsp3) is 0.440. The molecule has 0 radical (unpaired) electrons. The third kappa shape index (κ3) is 4.20. The standard InChI is InChI=1S/C25H25F2NO6/c1-14-11-18(13-20(32-14)15-3-5-16(6-4-15)22(29)31-2)28-23(30)24(9-10-24)17-7-8-19-21(12-17)34-25(26,27)33-19/h3-8,12,14,18,20H,9-11,13H2,1-2H3,(H,28,30)/t14-,18+,20-/m1/s1. The molecule has 3 atom stereocenters. The largest absolute Gasteiger partial charge is 0.586 e. The summed E-state index contributed by atoms with van der Waals surface area (Å²) < 4.78 is 46.6. The van der Waals surface area contributed by atoms with Crippen LogP contribution in [-0.4, -0.2) is 37.4 Å². The quantitative estimate of drug-likeness (QED) is 0.654. The number of fused-ring (bicyclic) bond motifs is 1. The molecule has 0 aromatic heterocycles. The van der Waals surface area contributed by atoms with Crippen LogP contribution in [0.4, 0.5) is 8.78 Å². The number of halogens is 2. The Bertz CT molecular complexity index is 1110. The van der Waals surface area contributed by atoms with Crippen LogP contribution >= 0.6 is 0 Å². The van der Waals surface area contributed by atoms with E-state index in [9.17, 15) is 18.4 Å². The van der Waals surface area contributed by atoms with Gasteiger partial charge >= 0.3 is 12.3 Å². The van der Waals surface area contributed by atoms with Gasteiger partial charge < -0.3 is 24.3 Å². The summed E-state index contributed by atoms with van der Waals surface area (Å²) in [5.41, 5.74) is 1.25. The van der Waals surface area contributed by atoms with Gasteiger partial charge in [-0.05, 0) is 68.0 Å². The molecule has 34 heavy (non-hydrogen) atoms. The monoisotopic (exact) mass is 473 g/mol. The van der Waals surface area contributed by atoms with E-state index in [-0.39, 0.29) is 35.7 Å². The molecule has 7 nitrogen and oxygen atoms in total. The van der Waals surface area contributed by atoms with Gasteiger partial charge in [-0.1, -0.05) is 18.2 Å². The number of methoxy groups -OCH3 is 1. The molecule has 1 N–H and O–H groups in total. The number of rotatable bonds is 5. The molecule has 180 valence electrons. The number of ether oxygens (including phenoxy) is 4. The van der Waals surface area contributed by atoms with Gasteiger partial charge in [-0.2, -0.15) is 0 Å². The summed E-state index contributed by atoms with van der Waals surface area (Å²) in [6.45, 7) is 1.96. The van der Waals surface area contributed by atoms with Gasteiger partial charge in [0.25, 0.3) is 0 Å². The molecule has 2 heterocycles. The lowest BCUT2D eigenvalue weighted by atomic mass is 9.91.